The highest BCUT2D eigenvalue weighted by atomic mass is 35.5. The van der Waals surface area contributed by atoms with Gasteiger partial charge in [-0.1, -0.05) is 47.1 Å². The van der Waals surface area contributed by atoms with Gasteiger partial charge in [-0.05, 0) is 30.2 Å². The Kier molecular flexibility index (Phi) is 4.30. The SMILES string of the molecule is Cc1ccccc1Cn1c(Cc2c(F)cccc2Cl)noc1=O. The largest absolute Gasteiger partial charge is 0.441 e. The van der Waals surface area contributed by atoms with E-state index in [2.05, 4.69) is 5.16 Å². The van der Waals surface area contributed by atoms with Gasteiger partial charge in [-0.3, -0.25) is 9.09 Å². The Morgan fingerprint density at radius 2 is 2.00 bits per heavy atom. The summed E-state index contributed by atoms with van der Waals surface area (Å²) in [5, 5.41) is 4.06. The first-order valence-corrected chi connectivity index (χ1v) is 7.47. The van der Waals surface area contributed by atoms with Gasteiger partial charge in [-0.15, -0.1) is 0 Å². The fourth-order valence-corrected chi connectivity index (χ4v) is 2.63. The average Bonchev–Trinajstić information content (AvgIpc) is 2.86. The summed E-state index contributed by atoms with van der Waals surface area (Å²) in [6.45, 7) is 2.28. The summed E-state index contributed by atoms with van der Waals surface area (Å²) in [5.41, 5.74) is 2.31. The highest BCUT2D eigenvalue weighted by molar-refractivity contribution is 6.31. The minimum absolute atomic E-state index is 0.0864. The molecule has 0 spiro atoms. The standard InChI is InChI=1S/C17H14ClFN2O2/c1-11-5-2-3-6-12(11)10-21-16(20-23-17(21)22)9-13-14(18)7-4-8-15(13)19/h2-8H,9-10H2,1H3. The lowest BCUT2D eigenvalue weighted by Crippen LogP contribution is -2.19. The van der Waals surface area contributed by atoms with Gasteiger partial charge in [0.25, 0.3) is 0 Å². The van der Waals surface area contributed by atoms with Crippen LogP contribution in [0.2, 0.25) is 5.02 Å². The monoisotopic (exact) mass is 332 g/mol. The van der Waals surface area contributed by atoms with E-state index in [9.17, 15) is 9.18 Å². The van der Waals surface area contributed by atoms with Crippen molar-refractivity contribution in [3.63, 3.8) is 0 Å². The molecule has 0 amide bonds. The van der Waals surface area contributed by atoms with E-state index in [-0.39, 0.29) is 6.42 Å². The number of halogens is 2. The van der Waals surface area contributed by atoms with Crippen LogP contribution in [0.4, 0.5) is 4.39 Å². The first kappa shape index (κ1) is 15.5. The van der Waals surface area contributed by atoms with Gasteiger partial charge in [0.1, 0.15) is 5.82 Å². The molecule has 0 atom stereocenters. The van der Waals surface area contributed by atoms with Gasteiger partial charge in [-0.2, -0.15) is 0 Å². The molecule has 2 aromatic carbocycles. The number of hydrogen-bond donors (Lipinski definition) is 0. The molecule has 0 unspecified atom stereocenters. The van der Waals surface area contributed by atoms with Crippen LogP contribution in [-0.4, -0.2) is 9.72 Å². The molecule has 0 fully saturated rings. The zero-order valence-electron chi connectivity index (χ0n) is 12.4. The van der Waals surface area contributed by atoms with E-state index in [1.165, 1.54) is 16.7 Å². The summed E-state index contributed by atoms with van der Waals surface area (Å²) in [7, 11) is 0. The van der Waals surface area contributed by atoms with Crippen LogP contribution in [-0.2, 0) is 13.0 Å². The van der Waals surface area contributed by atoms with Crippen molar-refractivity contribution in [2.24, 2.45) is 0 Å². The van der Waals surface area contributed by atoms with Crippen LogP contribution in [0.25, 0.3) is 0 Å². The highest BCUT2D eigenvalue weighted by Crippen LogP contribution is 2.21. The highest BCUT2D eigenvalue weighted by Gasteiger charge is 2.16. The van der Waals surface area contributed by atoms with Gasteiger partial charge in [0.2, 0.25) is 0 Å². The fourth-order valence-electron chi connectivity index (χ4n) is 2.40. The van der Waals surface area contributed by atoms with Crippen LogP contribution in [0.3, 0.4) is 0 Å². The van der Waals surface area contributed by atoms with Crippen LogP contribution >= 0.6 is 11.6 Å². The predicted octanol–water partition coefficient (Wildman–Crippen LogP) is 3.58. The Balaban J connectivity index is 1.97. The molecule has 0 radical (unpaired) electrons. The normalized spacial score (nSPS) is 10.9. The number of aryl methyl sites for hydroxylation is 1. The maximum Gasteiger partial charge on any atom is 0.441 e. The average molecular weight is 333 g/mol. The number of nitrogens with zero attached hydrogens (tertiary/aromatic N) is 2. The quantitative estimate of drug-likeness (QED) is 0.733. The summed E-state index contributed by atoms with van der Waals surface area (Å²) < 4.78 is 20.1. The molecule has 0 aliphatic heterocycles. The molecule has 1 aromatic heterocycles. The van der Waals surface area contributed by atoms with Crippen molar-refractivity contribution in [1.29, 1.82) is 0 Å². The minimum Gasteiger partial charge on any atom is -0.296 e. The van der Waals surface area contributed by atoms with E-state index < -0.39 is 11.6 Å². The topological polar surface area (TPSA) is 48.0 Å². The maximum absolute atomic E-state index is 13.9. The lowest BCUT2D eigenvalue weighted by atomic mass is 10.1. The smallest absolute Gasteiger partial charge is 0.296 e. The van der Waals surface area contributed by atoms with E-state index in [4.69, 9.17) is 16.1 Å². The third-order valence-corrected chi connectivity index (χ3v) is 4.10. The van der Waals surface area contributed by atoms with Crippen molar-refractivity contribution in [1.82, 2.24) is 9.72 Å². The fraction of sp³-hybridized carbons (Fsp3) is 0.176. The van der Waals surface area contributed by atoms with E-state index in [1.54, 1.807) is 6.07 Å². The lowest BCUT2D eigenvalue weighted by Gasteiger charge is -2.09. The van der Waals surface area contributed by atoms with Gasteiger partial charge in [0, 0.05) is 17.0 Å². The zero-order valence-corrected chi connectivity index (χ0v) is 13.2. The van der Waals surface area contributed by atoms with Crippen LogP contribution < -0.4 is 5.76 Å². The molecule has 0 aliphatic rings. The Hall–Kier alpha value is -2.40. The number of rotatable bonds is 4. The van der Waals surface area contributed by atoms with Gasteiger partial charge in [0.05, 0.1) is 6.54 Å². The van der Waals surface area contributed by atoms with Gasteiger partial charge >= 0.3 is 5.76 Å². The van der Waals surface area contributed by atoms with Gasteiger partial charge in [-0.25, -0.2) is 9.18 Å². The number of aromatic nitrogens is 2. The van der Waals surface area contributed by atoms with E-state index in [0.29, 0.717) is 23.0 Å². The van der Waals surface area contributed by atoms with Crippen molar-refractivity contribution in [2.45, 2.75) is 19.9 Å². The molecule has 0 N–H and O–H groups in total. The van der Waals surface area contributed by atoms with Crippen molar-refractivity contribution in [2.75, 3.05) is 0 Å². The molecule has 1 heterocycles. The second-order valence-electron chi connectivity index (χ2n) is 5.25. The van der Waals surface area contributed by atoms with Crippen LogP contribution in [0.1, 0.15) is 22.5 Å². The predicted molar refractivity (Wildman–Crippen MR) is 85.3 cm³/mol. The van der Waals surface area contributed by atoms with Crippen LogP contribution in [0.15, 0.2) is 51.8 Å². The molecule has 118 valence electrons. The molecule has 6 heteroatoms. The molecule has 3 rings (SSSR count). The Morgan fingerprint density at radius 1 is 1.22 bits per heavy atom. The molecule has 3 aromatic rings. The molecule has 0 bridgehead atoms. The molecule has 4 nitrogen and oxygen atoms in total. The molecular weight excluding hydrogens is 319 g/mol. The Labute approximate surface area is 137 Å². The Morgan fingerprint density at radius 3 is 2.74 bits per heavy atom. The first-order valence-electron chi connectivity index (χ1n) is 7.09. The van der Waals surface area contributed by atoms with Crippen molar-refractivity contribution < 1.29 is 8.91 Å². The molecule has 0 aliphatic carbocycles. The summed E-state index contributed by atoms with van der Waals surface area (Å²) in [6.07, 6.45) is 0.0864. The van der Waals surface area contributed by atoms with Gasteiger partial charge in [0.15, 0.2) is 5.82 Å². The second-order valence-corrected chi connectivity index (χ2v) is 5.66. The molecule has 0 saturated heterocycles. The summed E-state index contributed by atoms with van der Waals surface area (Å²) in [4.78, 5) is 11.9. The maximum atomic E-state index is 13.9. The minimum atomic E-state index is -0.573. The van der Waals surface area contributed by atoms with Crippen molar-refractivity contribution in [3.8, 4) is 0 Å². The van der Waals surface area contributed by atoms with E-state index >= 15 is 0 Å². The lowest BCUT2D eigenvalue weighted by molar-refractivity contribution is 0.375. The van der Waals surface area contributed by atoms with Crippen LogP contribution in [0.5, 0.6) is 0 Å². The number of hydrogen-bond acceptors (Lipinski definition) is 3. The van der Waals surface area contributed by atoms with Crippen LogP contribution in [0, 0.1) is 12.7 Å². The Bertz CT molecular complexity index is 881. The van der Waals surface area contributed by atoms with E-state index in [0.717, 1.165) is 11.1 Å². The number of benzene rings is 2. The summed E-state index contributed by atoms with van der Waals surface area (Å²) >= 11 is 6.04. The summed E-state index contributed by atoms with van der Waals surface area (Å²) in [6, 6.07) is 12.2. The first-order chi connectivity index (χ1) is 11.1. The van der Waals surface area contributed by atoms with Gasteiger partial charge < -0.3 is 0 Å². The molecule has 23 heavy (non-hydrogen) atoms. The van der Waals surface area contributed by atoms with E-state index in [1.807, 2.05) is 31.2 Å². The van der Waals surface area contributed by atoms with Crippen molar-refractivity contribution >= 4 is 11.6 Å². The zero-order chi connectivity index (χ0) is 16.4. The molecular formula is C17H14ClFN2O2. The third kappa shape index (κ3) is 3.19. The summed E-state index contributed by atoms with van der Waals surface area (Å²) in [5.74, 6) is -0.670. The third-order valence-electron chi connectivity index (χ3n) is 3.75. The van der Waals surface area contributed by atoms with Crippen molar-refractivity contribution in [3.05, 3.63) is 86.4 Å². The second kappa shape index (κ2) is 6.38. The molecule has 0 saturated carbocycles.